The third-order valence-corrected chi connectivity index (χ3v) is 6.56. The Labute approximate surface area is 128 Å². The molecule has 2 saturated heterocycles. The van der Waals surface area contributed by atoms with Crippen molar-refractivity contribution in [1.82, 2.24) is 0 Å². The van der Waals surface area contributed by atoms with E-state index >= 15 is 0 Å². The van der Waals surface area contributed by atoms with Gasteiger partial charge >= 0.3 is 6.36 Å². The smallest absolute Gasteiger partial charge is 0.406 e. The Balaban J connectivity index is 1.83. The summed E-state index contributed by atoms with van der Waals surface area (Å²) in [5, 5.41) is 7.95. The van der Waals surface area contributed by atoms with Gasteiger partial charge in [0.25, 0.3) is 0 Å². The summed E-state index contributed by atoms with van der Waals surface area (Å²) >= 11 is 1.17. The van der Waals surface area contributed by atoms with Gasteiger partial charge in [0, 0.05) is 10.9 Å². The van der Waals surface area contributed by atoms with Gasteiger partial charge in [-0.05, 0) is 24.3 Å². The summed E-state index contributed by atoms with van der Waals surface area (Å²) in [6.45, 7) is 0. The maximum absolute atomic E-state index is 12.1. The number of halogens is 3. The van der Waals surface area contributed by atoms with Crippen molar-refractivity contribution in [3.63, 3.8) is 0 Å². The normalized spacial score (nSPS) is 27.0. The number of ether oxygens (including phenoxy) is 1. The lowest BCUT2D eigenvalue weighted by Gasteiger charge is -2.24. The Hall–Kier alpha value is -1.42. The zero-order chi connectivity index (χ0) is 16.1. The number of thioether (sulfide) groups is 1. The van der Waals surface area contributed by atoms with Crippen LogP contribution in [0.4, 0.5) is 18.9 Å². The van der Waals surface area contributed by atoms with E-state index in [9.17, 15) is 21.6 Å². The number of benzene rings is 1. The second-order valence-corrected chi connectivity index (χ2v) is 8.40. The van der Waals surface area contributed by atoms with Gasteiger partial charge in [0.15, 0.2) is 15.0 Å². The van der Waals surface area contributed by atoms with E-state index in [0.717, 1.165) is 12.1 Å². The van der Waals surface area contributed by atoms with Gasteiger partial charge in [-0.3, -0.25) is 5.41 Å². The monoisotopic (exact) mass is 352 g/mol. The minimum Gasteiger partial charge on any atom is -0.406 e. The quantitative estimate of drug-likeness (QED) is 0.884. The van der Waals surface area contributed by atoms with E-state index in [1.54, 1.807) is 4.90 Å². The van der Waals surface area contributed by atoms with Gasteiger partial charge in [-0.1, -0.05) is 11.8 Å². The van der Waals surface area contributed by atoms with Gasteiger partial charge in [-0.2, -0.15) is 0 Å². The summed E-state index contributed by atoms with van der Waals surface area (Å²) in [6, 6.07) is 4.74. The van der Waals surface area contributed by atoms with Crippen LogP contribution in [0.5, 0.6) is 5.75 Å². The molecule has 0 saturated carbocycles. The third kappa shape index (κ3) is 3.02. The van der Waals surface area contributed by atoms with Gasteiger partial charge < -0.3 is 9.64 Å². The minimum atomic E-state index is -4.76. The number of fused-ring (bicyclic) bond motifs is 1. The third-order valence-electron chi connectivity index (χ3n) is 3.43. The fraction of sp³-hybridized carbons (Fsp3) is 0.417. The molecule has 1 N–H and O–H groups in total. The van der Waals surface area contributed by atoms with Crippen molar-refractivity contribution < 1.29 is 26.3 Å². The first-order chi connectivity index (χ1) is 10.1. The maximum Gasteiger partial charge on any atom is 0.573 e. The predicted octanol–water partition coefficient (Wildman–Crippen LogP) is 2.24. The van der Waals surface area contributed by atoms with Crippen molar-refractivity contribution in [2.24, 2.45) is 0 Å². The number of hydrogen-bond donors (Lipinski definition) is 1. The van der Waals surface area contributed by atoms with Crippen LogP contribution >= 0.6 is 11.8 Å². The lowest BCUT2D eigenvalue weighted by atomic mass is 10.2. The van der Waals surface area contributed by atoms with Crippen molar-refractivity contribution >= 4 is 32.5 Å². The fourth-order valence-corrected chi connectivity index (χ4v) is 6.41. The molecule has 2 heterocycles. The summed E-state index contributed by atoms with van der Waals surface area (Å²) in [7, 11) is -3.13. The van der Waals surface area contributed by atoms with Gasteiger partial charge in [-0.25, -0.2) is 8.42 Å². The Morgan fingerprint density at radius 3 is 2.45 bits per heavy atom. The molecule has 0 bridgehead atoms. The van der Waals surface area contributed by atoms with Crippen molar-refractivity contribution in [3.8, 4) is 5.75 Å². The molecule has 10 heteroatoms. The SMILES string of the molecule is N=C1SC2CS(=O)(=O)CC2N1c1ccc(OC(F)(F)F)cc1. The van der Waals surface area contributed by atoms with Gasteiger partial charge in [0.2, 0.25) is 0 Å². The highest BCUT2D eigenvalue weighted by Crippen LogP contribution is 2.40. The molecule has 0 spiro atoms. The van der Waals surface area contributed by atoms with Crippen molar-refractivity contribution in [2.45, 2.75) is 17.7 Å². The number of anilines is 1. The van der Waals surface area contributed by atoms with Crippen LogP contribution in [0.3, 0.4) is 0 Å². The molecule has 1 aromatic rings. The van der Waals surface area contributed by atoms with E-state index in [0.29, 0.717) is 5.69 Å². The topological polar surface area (TPSA) is 70.5 Å². The Bertz CT molecular complexity index is 703. The van der Waals surface area contributed by atoms with Crippen LogP contribution in [-0.2, 0) is 9.84 Å². The average molecular weight is 352 g/mol. The molecule has 3 rings (SSSR count). The van der Waals surface area contributed by atoms with Crippen LogP contribution in [0.1, 0.15) is 0 Å². The largest absolute Gasteiger partial charge is 0.573 e. The molecule has 2 fully saturated rings. The van der Waals surface area contributed by atoms with E-state index in [1.165, 1.54) is 23.9 Å². The van der Waals surface area contributed by atoms with Crippen molar-refractivity contribution in [3.05, 3.63) is 24.3 Å². The molecule has 0 aliphatic carbocycles. The summed E-state index contributed by atoms with van der Waals surface area (Å²) in [5.74, 6) is -0.380. The number of sulfone groups is 1. The van der Waals surface area contributed by atoms with Crippen LogP contribution in [0.2, 0.25) is 0 Å². The molecule has 0 amide bonds. The molecule has 1 aromatic carbocycles. The van der Waals surface area contributed by atoms with E-state index in [2.05, 4.69) is 4.74 Å². The van der Waals surface area contributed by atoms with E-state index < -0.39 is 16.2 Å². The second-order valence-electron chi connectivity index (χ2n) is 5.02. The Morgan fingerprint density at radius 1 is 1.23 bits per heavy atom. The van der Waals surface area contributed by atoms with Gasteiger partial charge in [-0.15, -0.1) is 13.2 Å². The summed E-state index contributed by atoms with van der Waals surface area (Å²) in [6.07, 6.45) is -4.76. The van der Waals surface area contributed by atoms with Gasteiger partial charge in [0.1, 0.15) is 5.75 Å². The van der Waals surface area contributed by atoms with E-state index in [4.69, 9.17) is 5.41 Å². The standard InChI is InChI=1S/C12H11F3N2O3S2/c13-12(14,15)20-8-3-1-7(2-4-8)17-9-5-22(18,19)6-10(9)21-11(17)16/h1-4,9-10,16H,5-6H2. The van der Waals surface area contributed by atoms with Gasteiger partial charge in [0.05, 0.1) is 17.5 Å². The van der Waals surface area contributed by atoms with Crippen LogP contribution in [0.25, 0.3) is 0 Å². The number of rotatable bonds is 2. The minimum absolute atomic E-state index is 0.0243. The molecule has 120 valence electrons. The number of nitrogens with one attached hydrogen (secondary N) is 1. The van der Waals surface area contributed by atoms with Crippen LogP contribution in [-0.4, -0.2) is 42.7 Å². The van der Waals surface area contributed by atoms with E-state index in [1.807, 2.05) is 0 Å². The molecule has 22 heavy (non-hydrogen) atoms. The number of alkyl halides is 3. The van der Waals surface area contributed by atoms with Crippen LogP contribution in [0, 0.1) is 5.41 Å². The predicted molar refractivity (Wildman–Crippen MR) is 77.2 cm³/mol. The number of hydrogen-bond acceptors (Lipinski definition) is 5. The highest BCUT2D eigenvalue weighted by Gasteiger charge is 2.48. The summed E-state index contributed by atoms with van der Waals surface area (Å²) in [4.78, 5) is 1.55. The maximum atomic E-state index is 12.1. The fourth-order valence-electron chi connectivity index (χ4n) is 2.62. The van der Waals surface area contributed by atoms with Crippen molar-refractivity contribution in [2.75, 3.05) is 16.4 Å². The first-order valence-corrected chi connectivity index (χ1v) is 8.95. The molecular formula is C12H11F3N2O3S2. The first kappa shape index (κ1) is 15.5. The Morgan fingerprint density at radius 2 is 1.86 bits per heavy atom. The first-order valence-electron chi connectivity index (χ1n) is 6.25. The molecule has 2 aliphatic rings. The van der Waals surface area contributed by atoms with E-state index in [-0.39, 0.29) is 33.7 Å². The molecule has 0 radical (unpaired) electrons. The zero-order valence-electron chi connectivity index (χ0n) is 11.0. The van der Waals surface area contributed by atoms with Crippen LogP contribution in [0.15, 0.2) is 24.3 Å². The highest BCUT2D eigenvalue weighted by molar-refractivity contribution is 8.15. The zero-order valence-corrected chi connectivity index (χ0v) is 12.6. The molecular weight excluding hydrogens is 341 g/mol. The molecule has 2 atom stereocenters. The molecule has 2 aliphatic heterocycles. The van der Waals surface area contributed by atoms with Crippen molar-refractivity contribution in [1.29, 1.82) is 5.41 Å². The lowest BCUT2D eigenvalue weighted by molar-refractivity contribution is -0.274. The summed E-state index contributed by atoms with van der Waals surface area (Å²) in [5.41, 5.74) is 0.483. The molecule has 2 unspecified atom stereocenters. The lowest BCUT2D eigenvalue weighted by Crippen LogP contribution is -2.37. The number of nitrogens with zero attached hydrogens (tertiary/aromatic N) is 1. The second kappa shape index (κ2) is 5.05. The number of amidine groups is 1. The average Bonchev–Trinajstić information content (AvgIpc) is 2.79. The molecule has 5 nitrogen and oxygen atoms in total. The highest BCUT2D eigenvalue weighted by atomic mass is 32.2. The van der Waals surface area contributed by atoms with Crippen LogP contribution < -0.4 is 9.64 Å². The Kier molecular flexibility index (Phi) is 3.55. The molecule has 0 aromatic heterocycles. The summed E-state index contributed by atoms with van der Waals surface area (Å²) < 4.78 is 63.5.